The van der Waals surface area contributed by atoms with Crippen molar-refractivity contribution in [2.75, 3.05) is 11.9 Å². The summed E-state index contributed by atoms with van der Waals surface area (Å²) in [4.78, 5) is 32.4. The van der Waals surface area contributed by atoms with E-state index < -0.39 is 23.5 Å². The Bertz CT molecular complexity index is 1040. The van der Waals surface area contributed by atoms with Crippen molar-refractivity contribution in [2.24, 2.45) is 0 Å². The van der Waals surface area contributed by atoms with Crippen LogP contribution in [0.5, 0.6) is 0 Å². The zero-order valence-electron chi connectivity index (χ0n) is 15.4. The highest BCUT2D eigenvalue weighted by Gasteiger charge is 2.20. The quantitative estimate of drug-likeness (QED) is 0.705. The van der Waals surface area contributed by atoms with Crippen molar-refractivity contribution in [3.63, 3.8) is 0 Å². The fourth-order valence-corrected chi connectivity index (χ4v) is 2.53. The van der Waals surface area contributed by atoms with Gasteiger partial charge in [0.25, 0.3) is 0 Å². The van der Waals surface area contributed by atoms with Crippen molar-refractivity contribution < 1.29 is 23.5 Å². The smallest absolute Gasteiger partial charge is 0.413 e. The second-order valence-electron chi connectivity index (χ2n) is 6.78. The van der Waals surface area contributed by atoms with Gasteiger partial charge in [0.05, 0.1) is 35.7 Å². The highest BCUT2D eigenvalue weighted by Crippen LogP contribution is 2.25. The Kier molecular flexibility index (Phi) is 4.69. The molecule has 0 bridgehead atoms. The molecule has 9 heteroatoms. The van der Waals surface area contributed by atoms with Gasteiger partial charge in [0.2, 0.25) is 0 Å². The van der Waals surface area contributed by atoms with Gasteiger partial charge in [0.1, 0.15) is 16.9 Å². The molecular formula is C18H19FN4O4. The van der Waals surface area contributed by atoms with Crippen LogP contribution in [0.3, 0.4) is 0 Å². The van der Waals surface area contributed by atoms with E-state index >= 15 is 0 Å². The Morgan fingerprint density at radius 2 is 2.00 bits per heavy atom. The SMILES string of the molecule is CCOC(=O)c1cc2c(cc1F)nc(NC(=O)OC(C)(C)C)c1cncn12. The summed E-state index contributed by atoms with van der Waals surface area (Å²) in [7, 11) is 0. The number of imidazole rings is 1. The molecule has 8 nitrogen and oxygen atoms in total. The van der Waals surface area contributed by atoms with Crippen LogP contribution in [0.15, 0.2) is 24.7 Å². The number of nitrogens with zero attached hydrogens (tertiary/aromatic N) is 3. The fourth-order valence-electron chi connectivity index (χ4n) is 2.53. The lowest BCUT2D eigenvalue weighted by atomic mass is 10.1. The number of fused-ring (bicyclic) bond motifs is 3. The van der Waals surface area contributed by atoms with Gasteiger partial charge < -0.3 is 9.47 Å². The largest absolute Gasteiger partial charge is 0.462 e. The molecule has 2 heterocycles. The van der Waals surface area contributed by atoms with E-state index in [0.717, 1.165) is 6.07 Å². The molecule has 0 radical (unpaired) electrons. The summed E-state index contributed by atoms with van der Waals surface area (Å²) >= 11 is 0. The summed E-state index contributed by atoms with van der Waals surface area (Å²) in [5.41, 5.74) is 0.264. The molecule has 0 fully saturated rings. The lowest BCUT2D eigenvalue weighted by Gasteiger charge is -2.19. The first-order chi connectivity index (χ1) is 12.7. The van der Waals surface area contributed by atoms with E-state index in [1.54, 1.807) is 32.1 Å². The predicted octanol–water partition coefficient (Wildman–Crippen LogP) is 3.55. The minimum absolute atomic E-state index is 0.133. The summed E-state index contributed by atoms with van der Waals surface area (Å²) < 4.78 is 26.1. The maximum atomic E-state index is 14.4. The number of anilines is 1. The van der Waals surface area contributed by atoms with Crippen LogP contribution in [-0.4, -0.2) is 38.6 Å². The predicted molar refractivity (Wildman–Crippen MR) is 96.3 cm³/mol. The zero-order chi connectivity index (χ0) is 19.8. The molecule has 3 aromatic rings. The normalized spacial score (nSPS) is 11.6. The van der Waals surface area contributed by atoms with Gasteiger partial charge in [-0.2, -0.15) is 0 Å². The van der Waals surface area contributed by atoms with E-state index in [4.69, 9.17) is 9.47 Å². The molecule has 27 heavy (non-hydrogen) atoms. The van der Waals surface area contributed by atoms with Crippen molar-refractivity contribution in [3.8, 4) is 0 Å². The fraction of sp³-hybridized carbons (Fsp3) is 0.333. The first-order valence-electron chi connectivity index (χ1n) is 8.32. The Hall–Kier alpha value is -3.23. The third-order valence-corrected chi connectivity index (χ3v) is 3.55. The van der Waals surface area contributed by atoms with Gasteiger partial charge in [-0.1, -0.05) is 0 Å². The summed E-state index contributed by atoms with van der Waals surface area (Å²) in [6, 6.07) is 2.46. The van der Waals surface area contributed by atoms with E-state index in [1.165, 1.54) is 18.6 Å². The Labute approximate surface area is 154 Å². The molecule has 0 saturated carbocycles. The van der Waals surface area contributed by atoms with E-state index in [1.807, 2.05) is 0 Å². The minimum Gasteiger partial charge on any atom is -0.462 e. The average Bonchev–Trinajstić information content (AvgIpc) is 3.02. The first-order valence-corrected chi connectivity index (χ1v) is 8.32. The molecule has 1 N–H and O–H groups in total. The third-order valence-electron chi connectivity index (χ3n) is 3.55. The summed E-state index contributed by atoms with van der Waals surface area (Å²) in [6.07, 6.45) is 2.28. The van der Waals surface area contributed by atoms with Crippen molar-refractivity contribution in [2.45, 2.75) is 33.3 Å². The lowest BCUT2D eigenvalue weighted by molar-refractivity contribution is 0.0520. The molecular weight excluding hydrogens is 355 g/mol. The molecule has 0 spiro atoms. The number of halogens is 1. The molecule has 1 aromatic carbocycles. The Balaban J connectivity index is 2.10. The molecule has 0 atom stereocenters. The molecule has 142 valence electrons. The Morgan fingerprint density at radius 1 is 1.26 bits per heavy atom. The van der Waals surface area contributed by atoms with Crippen LogP contribution in [0.1, 0.15) is 38.1 Å². The average molecular weight is 374 g/mol. The first kappa shape index (κ1) is 18.6. The summed E-state index contributed by atoms with van der Waals surface area (Å²) in [5.74, 6) is -1.37. The van der Waals surface area contributed by atoms with E-state index in [-0.39, 0.29) is 23.5 Å². The number of carbonyl (C=O) groups is 2. The molecule has 0 aliphatic heterocycles. The van der Waals surface area contributed by atoms with E-state index in [0.29, 0.717) is 11.0 Å². The second kappa shape index (κ2) is 6.82. The molecule has 0 aliphatic rings. The molecule has 2 aromatic heterocycles. The number of nitrogens with one attached hydrogen (secondary N) is 1. The monoisotopic (exact) mass is 374 g/mol. The van der Waals surface area contributed by atoms with Gasteiger partial charge >= 0.3 is 12.1 Å². The van der Waals surface area contributed by atoms with Gasteiger partial charge in [0.15, 0.2) is 5.82 Å². The van der Waals surface area contributed by atoms with Crippen molar-refractivity contribution >= 4 is 34.4 Å². The topological polar surface area (TPSA) is 94.8 Å². The van der Waals surface area contributed by atoms with E-state index in [2.05, 4.69) is 15.3 Å². The number of rotatable bonds is 3. The number of hydrogen-bond acceptors (Lipinski definition) is 6. The van der Waals surface area contributed by atoms with Crippen LogP contribution < -0.4 is 5.32 Å². The van der Waals surface area contributed by atoms with Crippen LogP contribution >= 0.6 is 0 Å². The number of aromatic nitrogens is 3. The summed E-state index contributed by atoms with van der Waals surface area (Å²) in [6.45, 7) is 6.98. The summed E-state index contributed by atoms with van der Waals surface area (Å²) in [5, 5.41) is 2.55. The number of ether oxygens (including phenoxy) is 2. The van der Waals surface area contributed by atoms with Crippen molar-refractivity contribution in [3.05, 3.63) is 36.0 Å². The molecule has 1 amide bonds. The highest BCUT2D eigenvalue weighted by molar-refractivity contribution is 5.97. The Morgan fingerprint density at radius 3 is 2.67 bits per heavy atom. The van der Waals surface area contributed by atoms with Crippen LogP contribution in [0.4, 0.5) is 15.0 Å². The van der Waals surface area contributed by atoms with Crippen LogP contribution in [0.25, 0.3) is 16.6 Å². The van der Waals surface area contributed by atoms with Crippen LogP contribution in [-0.2, 0) is 9.47 Å². The number of esters is 1. The van der Waals surface area contributed by atoms with Gasteiger partial charge in [-0.05, 0) is 33.8 Å². The molecule has 3 rings (SSSR count). The maximum absolute atomic E-state index is 14.4. The lowest BCUT2D eigenvalue weighted by Crippen LogP contribution is -2.27. The minimum atomic E-state index is -0.767. The van der Waals surface area contributed by atoms with E-state index in [9.17, 15) is 14.0 Å². The standard InChI is InChI=1S/C18H19FN4O4/c1-5-26-16(24)10-6-13-12(7-11(10)19)21-15(14-8-20-9-23(13)14)22-17(25)27-18(2,3)4/h6-9H,5H2,1-4H3,(H,21,22,25). The maximum Gasteiger partial charge on any atom is 0.413 e. The van der Waals surface area contributed by atoms with Crippen LogP contribution in [0.2, 0.25) is 0 Å². The number of hydrogen-bond donors (Lipinski definition) is 1. The number of benzene rings is 1. The zero-order valence-corrected chi connectivity index (χ0v) is 15.4. The number of amides is 1. The van der Waals surface area contributed by atoms with Gasteiger partial charge in [-0.3, -0.25) is 9.72 Å². The van der Waals surface area contributed by atoms with Gasteiger partial charge in [-0.25, -0.2) is 23.9 Å². The molecule has 0 saturated heterocycles. The van der Waals surface area contributed by atoms with Crippen LogP contribution in [0, 0.1) is 5.82 Å². The van der Waals surface area contributed by atoms with Crippen molar-refractivity contribution in [1.82, 2.24) is 14.4 Å². The van der Waals surface area contributed by atoms with Gasteiger partial charge in [0, 0.05) is 6.07 Å². The third kappa shape index (κ3) is 3.81. The molecule has 0 unspecified atom stereocenters. The molecule has 0 aliphatic carbocycles. The second-order valence-corrected chi connectivity index (χ2v) is 6.78. The highest BCUT2D eigenvalue weighted by atomic mass is 19.1. The van der Waals surface area contributed by atoms with Gasteiger partial charge in [-0.15, -0.1) is 0 Å². The van der Waals surface area contributed by atoms with Crippen molar-refractivity contribution in [1.29, 1.82) is 0 Å². The number of carbonyl (C=O) groups excluding carboxylic acids is 2.